The van der Waals surface area contributed by atoms with Crippen molar-refractivity contribution in [1.29, 1.82) is 0 Å². The molecule has 0 amide bonds. The summed E-state index contributed by atoms with van der Waals surface area (Å²) < 4.78 is 7.51. The number of rotatable bonds is 5. The summed E-state index contributed by atoms with van der Waals surface area (Å²) in [5.74, 6) is 0.946. The van der Waals surface area contributed by atoms with Crippen LogP contribution in [0.15, 0.2) is 22.5 Å². The van der Waals surface area contributed by atoms with Gasteiger partial charge in [-0.25, -0.2) is 4.98 Å². The van der Waals surface area contributed by atoms with Crippen LogP contribution in [0.5, 0.6) is 0 Å². The highest BCUT2D eigenvalue weighted by atomic mass is 35.5. The number of hydrogen-bond donors (Lipinski definition) is 0. The molecule has 0 unspecified atom stereocenters. The Morgan fingerprint density at radius 1 is 1.50 bits per heavy atom. The van der Waals surface area contributed by atoms with Crippen molar-refractivity contribution < 1.29 is 4.74 Å². The van der Waals surface area contributed by atoms with Gasteiger partial charge in [0.1, 0.15) is 0 Å². The maximum Gasteiger partial charge on any atom is 0.151 e. The van der Waals surface area contributed by atoms with Crippen LogP contribution in [-0.2, 0) is 4.74 Å². The highest BCUT2D eigenvalue weighted by molar-refractivity contribution is 8.01. The first-order chi connectivity index (χ1) is 7.79. The van der Waals surface area contributed by atoms with E-state index < -0.39 is 0 Å². The maximum absolute atomic E-state index is 5.93. The van der Waals surface area contributed by atoms with E-state index in [-0.39, 0.29) is 0 Å². The van der Waals surface area contributed by atoms with Crippen LogP contribution in [-0.4, -0.2) is 24.0 Å². The van der Waals surface area contributed by atoms with Crippen molar-refractivity contribution in [2.75, 3.05) is 19.0 Å². The van der Waals surface area contributed by atoms with E-state index in [2.05, 4.69) is 4.98 Å². The van der Waals surface area contributed by atoms with E-state index in [0.717, 1.165) is 38.5 Å². The SMILES string of the molecule is CCOCCSc1nc2ccc(Cl)cc2s1. The summed E-state index contributed by atoms with van der Waals surface area (Å²) in [6.45, 7) is 3.55. The molecule has 0 aliphatic heterocycles. The van der Waals surface area contributed by atoms with E-state index in [4.69, 9.17) is 16.3 Å². The molecule has 0 spiro atoms. The molecule has 0 fully saturated rings. The molecule has 0 radical (unpaired) electrons. The van der Waals surface area contributed by atoms with Gasteiger partial charge in [0.05, 0.1) is 16.8 Å². The van der Waals surface area contributed by atoms with Crippen LogP contribution in [0.4, 0.5) is 0 Å². The van der Waals surface area contributed by atoms with Crippen molar-refractivity contribution in [3.63, 3.8) is 0 Å². The normalized spacial score (nSPS) is 11.1. The van der Waals surface area contributed by atoms with Crippen LogP contribution < -0.4 is 0 Å². The number of benzene rings is 1. The first-order valence-corrected chi connectivity index (χ1v) is 7.24. The zero-order chi connectivity index (χ0) is 11.4. The topological polar surface area (TPSA) is 22.1 Å². The first-order valence-electron chi connectivity index (χ1n) is 5.06. The van der Waals surface area contributed by atoms with Gasteiger partial charge in [0.15, 0.2) is 4.34 Å². The fraction of sp³-hybridized carbons (Fsp3) is 0.364. The number of thiazole rings is 1. The number of nitrogens with zero attached hydrogens (tertiary/aromatic N) is 1. The molecule has 16 heavy (non-hydrogen) atoms. The van der Waals surface area contributed by atoms with Crippen molar-refractivity contribution in [2.45, 2.75) is 11.3 Å². The number of ether oxygens (including phenoxy) is 1. The molecule has 2 rings (SSSR count). The molecule has 2 nitrogen and oxygen atoms in total. The number of halogens is 1. The Bertz CT molecular complexity index is 472. The van der Waals surface area contributed by atoms with Gasteiger partial charge in [-0.05, 0) is 25.1 Å². The quantitative estimate of drug-likeness (QED) is 0.605. The first kappa shape index (κ1) is 12.2. The summed E-state index contributed by atoms with van der Waals surface area (Å²) >= 11 is 9.34. The standard InChI is InChI=1S/C11H12ClNOS2/c1-2-14-5-6-15-11-13-9-4-3-8(12)7-10(9)16-11/h3-4,7H,2,5-6H2,1H3. The molecule has 0 saturated carbocycles. The summed E-state index contributed by atoms with van der Waals surface area (Å²) in [7, 11) is 0. The predicted octanol–water partition coefficient (Wildman–Crippen LogP) is 4.08. The minimum absolute atomic E-state index is 0.766. The van der Waals surface area contributed by atoms with Gasteiger partial charge < -0.3 is 4.74 Å². The van der Waals surface area contributed by atoms with Gasteiger partial charge in [0, 0.05) is 17.4 Å². The fourth-order valence-electron chi connectivity index (χ4n) is 1.27. The number of hydrogen-bond acceptors (Lipinski definition) is 4. The maximum atomic E-state index is 5.93. The van der Waals surface area contributed by atoms with E-state index >= 15 is 0 Å². The lowest BCUT2D eigenvalue weighted by atomic mass is 10.3. The van der Waals surface area contributed by atoms with Gasteiger partial charge in [0.25, 0.3) is 0 Å². The lowest BCUT2D eigenvalue weighted by molar-refractivity contribution is 0.164. The zero-order valence-electron chi connectivity index (χ0n) is 8.90. The summed E-state index contributed by atoms with van der Waals surface area (Å²) in [6.07, 6.45) is 0. The third kappa shape index (κ3) is 3.10. The molecule has 0 aliphatic rings. The van der Waals surface area contributed by atoms with E-state index in [1.54, 1.807) is 23.1 Å². The van der Waals surface area contributed by atoms with E-state index in [1.807, 2.05) is 25.1 Å². The van der Waals surface area contributed by atoms with Gasteiger partial charge in [-0.1, -0.05) is 23.4 Å². The smallest absolute Gasteiger partial charge is 0.151 e. The zero-order valence-corrected chi connectivity index (χ0v) is 11.3. The molecule has 0 N–H and O–H groups in total. The largest absolute Gasteiger partial charge is 0.381 e. The second-order valence-corrected chi connectivity index (χ2v) is 5.95. The van der Waals surface area contributed by atoms with Crippen molar-refractivity contribution in [1.82, 2.24) is 4.98 Å². The second kappa shape index (κ2) is 5.87. The van der Waals surface area contributed by atoms with Crippen LogP contribution in [0.2, 0.25) is 5.02 Å². The van der Waals surface area contributed by atoms with Crippen molar-refractivity contribution >= 4 is 44.9 Å². The summed E-state index contributed by atoms with van der Waals surface area (Å²) in [5, 5.41) is 0.766. The van der Waals surface area contributed by atoms with Crippen molar-refractivity contribution in [3.05, 3.63) is 23.2 Å². The number of aromatic nitrogens is 1. The monoisotopic (exact) mass is 273 g/mol. The van der Waals surface area contributed by atoms with Gasteiger partial charge in [-0.3, -0.25) is 0 Å². The minimum atomic E-state index is 0.766. The molecule has 0 bridgehead atoms. The highest BCUT2D eigenvalue weighted by Crippen LogP contribution is 2.30. The van der Waals surface area contributed by atoms with Crippen LogP contribution >= 0.6 is 34.7 Å². The van der Waals surface area contributed by atoms with E-state index in [9.17, 15) is 0 Å². The van der Waals surface area contributed by atoms with Gasteiger partial charge in [-0.15, -0.1) is 11.3 Å². The Kier molecular flexibility index (Phi) is 4.46. The second-order valence-electron chi connectivity index (χ2n) is 3.14. The Balaban J connectivity index is 2.02. The minimum Gasteiger partial charge on any atom is -0.381 e. The number of fused-ring (bicyclic) bond motifs is 1. The molecule has 5 heteroatoms. The Morgan fingerprint density at radius 3 is 3.19 bits per heavy atom. The van der Waals surface area contributed by atoms with Crippen LogP contribution in [0.3, 0.4) is 0 Å². The Labute approximate surface area is 108 Å². The third-order valence-electron chi connectivity index (χ3n) is 1.99. The summed E-state index contributed by atoms with van der Waals surface area (Å²) in [6, 6.07) is 5.79. The molecule has 0 atom stereocenters. The van der Waals surface area contributed by atoms with Gasteiger partial charge >= 0.3 is 0 Å². The molecule has 0 saturated heterocycles. The molecular weight excluding hydrogens is 262 g/mol. The molecule has 2 aromatic rings. The Morgan fingerprint density at radius 2 is 2.38 bits per heavy atom. The average Bonchev–Trinajstić information content (AvgIpc) is 2.66. The summed E-state index contributed by atoms with van der Waals surface area (Å²) in [5.41, 5.74) is 1.02. The van der Waals surface area contributed by atoms with Gasteiger partial charge in [0.2, 0.25) is 0 Å². The molecule has 1 aromatic heterocycles. The average molecular weight is 274 g/mol. The van der Waals surface area contributed by atoms with Crippen LogP contribution in [0.1, 0.15) is 6.92 Å². The predicted molar refractivity (Wildman–Crippen MR) is 71.8 cm³/mol. The van der Waals surface area contributed by atoms with E-state index in [0.29, 0.717) is 0 Å². The third-order valence-corrected chi connectivity index (χ3v) is 4.35. The van der Waals surface area contributed by atoms with Crippen molar-refractivity contribution in [2.24, 2.45) is 0 Å². The summed E-state index contributed by atoms with van der Waals surface area (Å²) in [4.78, 5) is 4.52. The number of thioether (sulfide) groups is 1. The molecular formula is C11H12ClNOS2. The molecule has 86 valence electrons. The molecule has 1 aromatic carbocycles. The van der Waals surface area contributed by atoms with Gasteiger partial charge in [-0.2, -0.15) is 0 Å². The van der Waals surface area contributed by atoms with Crippen molar-refractivity contribution in [3.8, 4) is 0 Å². The fourth-order valence-corrected chi connectivity index (χ4v) is 3.54. The lowest BCUT2D eigenvalue weighted by Gasteiger charge is -1.97. The Hall–Kier alpha value is -0.290. The molecule has 0 aliphatic carbocycles. The van der Waals surface area contributed by atoms with Crippen LogP contribution in [0, 0.1) is 0 Å². The highest BCUT2D eigenvalue weighted by Gasteiger charge is 2.04. The van der Waals surface area contributed by atoms with Crippen LogP contribution in [0.25, 0.3) is 10.2 Å². The lowest BCUT2D eigenvalue weighted by Crippen LogP contribution is -1.95. The molecule has 1 heterocycles. The van der Waals surface area contributed by atoms with E-state index in [1.165, 1.54) is 0 Å².